The number of hydrogen-bond donors (Lipinski definition) is 1. The first-order valence-electron chi connectivity index (χ1n) is 5.26. The van der Waals surface area contributed by atoms with E-state index in [-0.39, 0.29) is 5.69 Å². The second kappa shape index (κ2) is 4.37. The van der Waals surface area contributed by atoms with Gasteiger partial charge in [-0.05, 0) is 24.6 Å². The third kappa shape index (κ3) is 1.79. The molecule has 1 aromatic heterocycles. The van der Waals surface area contributed by atoms with Gasteiger partial charge < -0.3 is 10.3 Å². The molecule has 2 rings (SSSR count). The Hall–Kier alpha value is -1.81. The van der Waals surface area contributed by atoms with Crippen LogP contribution in [0, 0.1) is 0 Å². The summed E-state index contributed by atoms with van der Waals surface area (Å²) in [6.45, 7) is 0.582. The quantitative estimate of drug-likeness (QED) is 0.822. The molecule has 0 aliphatic rings. The molecule has 0 aliphatic heterocycles. The average Bonchev–Trinajstić information content (AvgIpc) is 2.61. The summed E-state index contributed by atoms with van der Waals surface area (Å²) in [5, 5.41) is 0. The van der Waals surface area contributed by atoms with Crippen LogP contribution >= 0.6 is 0 Å². The molecule has 0 spiro atoms. The minimum atomic E-state index is -0.0375. The van der Waals surface area contributed by atoms with E-state index in [1.165, 1.54) is 0 Å². The molecule has 0 amide bonds. The van der Waals surface area contributed by atoms with Crippen LogP contribution < -0.4 is 11.4 Å². The maximum absolute atomic E-state index is 11.8. The molecule has 4 heteroatoms. The van der Waals surface area contributed by atoms with Crippen molar-refractivity contribution in [1.82, 2.24) is 9.13 Å². The van der Waals surface area contributed by atoms with Crippen LogP contribution in [0.3, 0.4) is 0 Å². The molecular weight excluding hydrogens is 202 g/mol. The van der Waals surface area contributed by atoms with Gasteiger partial charge in [0.1, 0.15) is 0 Å². The lowest BCUT2D eigenvalue weighted by molar-refractivity contribution is 0.816. The molecule has 0 aliphatic carbocycles. The third-order valence-corrected chi connectivity index (χ3v) is 2.61. The maximum atomic E-state index is 11.8. The number of para-hydroxylation sites is 1. The van der Waals surface area contributed by atoms with Gasteiger partial charge in [-0.15, -0.1) is 0 Å². The Kier molecular flexibility index (Phi) is 2.92. The molecule has 0 unspecified atom stereocenters. The van der Waals surface area contributed by atoms with Crippen LogP contribution in [-0.4, -0.2) is 15.7 Å². The number of nitrogens with zero attached hydrogens (tertiary/aromatic N) is 2. The van der Waals surface area contributed by atoms with Crippen molar-refractivity contribution in [3.8, 4) is 5.69 Å². The fourth-order valence-corrected chi connectivity index (χ4v) is 1.76. The molecule has 1 aromatic carbocycles. The van der Waals surface area contributed by atoms with Gasteiger partial charge in [0.05, 0.1) is 5.69 Å². The third-order valence-electron chi connectivity index (χ3n) is 2.61. The number of nitrogens with two attached hydrogens (primary N) is 1. The van der Waals surface area contributed by atoms with Gasteiger partial charge in [-0.1, -0.05) is 18.2 Å². The summed E-state index contributed by atoms with van der Waals surface area (Å²) in [6.07, 6.45) is 4.30. The van der Waals surface area contributed by atoms with Crippen molar-refractivity contribution in [3.05, 3.63) is 52.7 Å². The highest BCUT2D eigenvalue weighted by atomic mass is 16.1. The monoisotopic (exact) mass is 217 g/mol. The van der Waals surface area contributed by atoms with Gasteiger partial charge in [-0.2, -0.15) is 0 Å². The molecule has 4 nitrogen and oxygen atoms in total. The first kappa shape index (κ1) is 10.7. The lowest BCUT2D eigenvalue weighted by Crippen LogP contribution is -2.21. The van der Waals surface area contributed by atoms with Gasteiger partial charge in [0, 0.05) is 19.4 Å². The van der Waals surface area contributed by atoms with E-state index in [1.807, 2.05) is 24.3 Å². The van der Waals surface area contributed by atoms with E-state index in [0.29, 0.717) is 6.54 Å². The number of hydrogen-bond acceptors (Lipinski definition) is 2. The molecule has 0 bridgehead atoms. The van der Waals surface area contributed by atoms with Gasteiger partial charge in [0.15, 0.2) is 0 Å². The van der Waals surface area contributed by atoms with Gasteiger partial charge in [0.2, 0.25) is 0 Å². The second-order valence-electron chi connectivity index (χ2n) is 3.73. The number of rotatable bonds is 3. The summed E-state index contributed by atoms with van der Waals surface area (Å²) >= 11 is 0. The maximum Gasteiger partial charge on any atom is 0.332 e. The Morgan fingerprint density at radius 2 is 2.00 bits per heavy atom. The molecule has 1 heterocycles. The second-order valence-corrected chi connectivity index (χ2v) is 3.73. The summed E-state index contributed by atoms with van der Waals surface area (Å²) in [5.41, 5.74) is 7.53. The normalized spacial score (nSPS) is 10.6. The van der Waals surface area contributed by atoms with Crippen LogP contribution in [-0.2, 0) is 13.5 Å². The van der Waals surface area contributed by atoms with Crippen LogP contribution in [0.25, 0.3) is 5.69 Å². The zero-order valence-electron chi connectivity index (χ0n) is 9.26. The minimum Gasteiger partial charge on any atom is -0.330 e. The van der Waals surface area contributed by atoms with Crippen LogP contribution in [0.2, 0.25) is 0 Å². The van der Waals surface area contributed by atoms with Crippen LogP contribution in [0.5, 0.6) is 0 Å². The molecule has 16 heavy (non-hydrogen) atoms. The van der Waals surface area contributed by atoms with Crippen molar-refractivity contribution in [2.45, 2.75) is 6.42 Å². The summed E-state index contributed by atoms with van der Waals surface area (Å²) in [5.74, 6) is 0. The molecule has 0 saturated carbocycles. The van der Waals surface area contributed by atoms with Crippen LogP contribution in [0.15, 0.2) is 41.5 Å². The Morgan fingerprint density at radius 1 is 1.25 bits per heavy atom. The molecule has 0 fully saturated rings. The predicted molar refractivity (Wildman–Crippen MR) is 63.8 cm³/mol. The standard InChI is InChI=1S/C12H15N3O/c1-14-8-9-15(12(14)16)11-5-3-2-4-10(11)6-7-13/h2-5,8-9H,6-7,13H2,1H3. The Balaban J connectivity index is 2.55. The summed E-state index contributed by atoms with van der Waals surface area (Å²) < 4.78 is 3.20. The number of benzene rings is 1. The Labute approximate surface area is 93.9 Å². The van der Waals surface area contributed by atoms with Crippen molar-refractivity contribution < 1.29 is 0 Å². The van der Waals surface area contributed by atoms with Gasteiger partial charge in [-0.3, -0.25) is 4.57 Å². The topological polar surface area (TPSA) is 52.9 Å². The lowest BCUT2D eigenvalue weighted by Gasteiger charge is -2.08. The van der Waals surface area contributed by atoms with E-state index in [1.54, 1.807) is 28.6 Å². The molecule has 84 valence electrons. The van der Waals surface area contributed by atoms with E-state index < -0.39 is 0 Å². The van der Waals surface area contributed by atoms with Crippen LogP contribution in [0.4, 0.5) is 0 Å². The van der Waals surface area contributed by atoms with Gasteiger partial charge >= 0.3 is 5.69 Å². The van der Waals surface area contributed by atoms with Crippen molar-refractivity contribution in [2.75, 3.05) is 6.54 Å². The van der Waals surface area contributed by atoms with Crippen molar-refractivity contribution in [1.29, 1.82) is 0 Å². The lowest BCUT2D eigenvalue weighted by atomic mass is 10.1. The first-order chi connectivity index (χ1) is 7.74. The molecule has 2 N–H and O–H groups in total. The van der Waals surface area contributed by atoms with Gasteiger partial charge in [0.25, 0.3) is 0 Å². The fraction of sp³-hybridized carbons (Fsp3) is 0.250. The SMILES string of the molecule is Cn1ccn(-c2ccccc2CCN)c1=O. The number of aromatic nitrogens is 2. The molecule has 2 aromatic rings. The van der Waals surface area contributed by atoms with E-state index >= 15 is 0 Å². The summed E-state index contributed by atoms with van der Waals surface area (Å²) in [4.78, 5) is 11.8. The largest absolute Gasteiger partial charge is 0.332 e. The minimum absolute atomic E-state index is 0.0375. The van der Waals surface area contributed by atoms with Gasteiger partial charge in [-0.25, -0.2) is 4.79 Å². The van der Waals surface area contributed by atoms with Crippen molar-refractivity contribution >= 4 is 0 Å². The predicted octanol–water partition coefficient (Wildman–Crippen LogP) is 0.677. The highest BCUT2D eigenvalue weighted by Crippen LogP contribution is 2.12. The van der Waals surface area contributed by atoms with E-state index in [4.69, 9.17) is 5.73 Å². The zero-order valence-corrected chi connectivity index (χ0v) is 9.26. The Bertz CT molecular complexity index is 539. The fourth-order valence-electron chi connectivity index (χ4n) is 1.76. The van der Waals surface area contributed by atoms with E-state index in [0.717, 1.165) is 17.7 Å². The number of imidazole rings is 1. The van der Waals surface area contributed by atoms with Crippen molar-refractivity contribution in [3.63, 3.8) is 0 Å². The molecule has 0 atom stereocenters. The average molecular weight is 217 g/mol. The number of aryl methyl sites for hydroxylation is 1. The summed E-state index contributed by atoms with van der Waals surface area (Å²) in [6, 6.07) is 7.82. The van der Waals surface area contributed by atoms with Crippen LogP contribution in [0.1, 0.15) is 5.56 Å². The molecule has 0 radical (unpaired) electrons. The highest BCUT2D eigenvalue weighted by molar-refractivity contribution is 5.41. The van der Waals surface area contributed by atoms with E-state index in [2.05, 4.69) is 0 Å². The summed E-state index contributed by atoms with van der Waals surface area (Å²) in [7, 11) is 1.74. The van der Waals surface area contributed by atoms with Crippen molar-refractivity contribution in [2.24, 2.45) is 12.8 Å². The molecular formula is C12H15N3O. The zero-order chi connectivity index (χ0) is 11.5. The molecule has 0 saturated heterocycles. The van der Waals surface area contributed by atoms with E-state index in [9.17, 15) is 4.79 Å². The first-order valence-corrected chi connectivity index (χ1v) is 5.26. The highest BCUT2D eigenvalue weighted by Gasteiger charge is 2.06. The smallest absolute Gasteiger partial charge is 0.330 e. The Morgan fingerprint density at radius 3 is 2.62 bits per heavy atom.